The lowest BCUT2D eigenvalue weighted by Gasteiger charge is -2.44. The summed E-state index contributed by atoms with van der Waals surface area (Å²) in [5.74, 6) is -3.39. The van der Waals surface area contributed by atoms with Gasteiger partial charge in [0.1, 0.15) is 11.6 Å². The normalized spacial score (nSPS) is 21.4. The Morgan fingerprint density at radius 1 is 1.15 bits per heavy atom. The van der Waals surface area contributed by atoms with Crippen LogP contribution in [0.1, 0.15) is 67.0 Å². The number of carbonyl (C=O) groups excluding carboxylic acids is 3. The molecular weight excluding hydrogens is 531 g/mol. The number of nitrogens with one attached hydrogen (secondary N) is 2. The Bertz CT molecular complexity index is 1430. The van der Waals surface area contributed by atoms with Crippen LogP contribution in [0.2, 0.25) is 0 Å². The highest BCUT2D eigenvalue weighted by Gasteiger charge is 2.52. The number of carbonyl (C=O) groups is 3. The van der Waals surface area contributed by atoms with Gasteiger partial charge in [-0.05, 0) is 70.7 Å². The van der Waals surface area contributed by atoms with Crippen LogP contribution in [0.5, 0.6) is 5.75 Å². The quantitative estimate of drug-likeness (QED) is 0.431. The van der Waals surface area contributed by atoms with Crippen LogP contribution in [0.3, 0.4) is 0 Å². The fourth-order valence-corrected chi connectivity index (χ4v) is 5.80. The molecule has 0 spiro atoms. The smallest absolute Gasteiger partial charge is 0.311 e. The van der Waals surface area contributed by atoms with Crippen LogP contribution in [0.15, 0.2) is 23.0 Å². The zero-order valence-electron chi connectivity index (χ0n) is 24.5. The molecule has 0 saturated heterocycles. The zero-order chi connectivity index (χ0) is 30.3. The summed E-state index contributed by atoms with van der Waals surface area (Å²) >= 11 is 0. The van der Waals surface area contributed by atoms with Crippen molar-refractivity contribution >= 4 is 17.7 Å². The maximum absolute atomic E-state index is 13.7. The van der Waals surface area contributed by atoms with Crippen LogP contribution in [0.4, 0.5) is 4.39 Å². The first kappa shape index (κ1) is 30.2. The molecule has 0 unspecified atom stereocenters. The van der Waals surface area contributed by atoms with Crippen molar-refractivity contribution in [2.45, 2.75) is 71.1 Å². The molecule has 12 heteroatoms. The number of aromatic hydroxyl groups is 1. The summed E-state index contributed by atoms with van der Waals surface area (Å²) in [6.07, 6.45) is 2.07. The second-order valence-electron chi connectivity index (χ2n) is 12.0. The van der Waals surface area contributed by atoms with E-state index in [0.717, 1.165) is 0 Å². The summed E-state index contributed by atoms with van der Waals surface area (Å²) in [5.41, 5.74) is -1.73. The third-order valence-electron chi connectivity index (χ3n) is 8.54. The number of hydrogen-bond acceptors (Lipinski definition) is 7. The van der Waals surface area contributed by atoms with Crippen LogP contribution in [-0.2, 0) is 28.2 Å². The van der Waals surface area contributed by atoms with Gasteiger partial charge >= 0.3 is 11.8 Å². The summed E-state index contributed by atoms with van der Waals surface area (Å²) in [6, 6.07) is 4.68. The summed E-state index contributed by atoms with van der Waals surface area (Å²) in [6.45, 7) is 6.71. The van der Waals surface area contributed by atoms with E-state index in [1.54, 1.807) is 13.0 Å². The van der Waals surface area contributed by atoms with Gasteiger partial charge in [-0.3, -0.25) is 23.7 Å². The number of hydrogen-bond donors (Lipinski definition) is 3. The predicted molar refractivity (Wildman–Crippen MR) is 150 cm³/mol. The molecule has 0 radical (unpaired) electrons. The summed E-state index contributed by atoms with van der Waals surface area (Å²) in [4.78, 5) is 60.3. The molecular formula is C29H39FN6O5. The highest BCUT2D eigenvalue weighted by molar-refractivity contribution is 6.35. The van der Waals surface area contributed by atoms with E-state index in [1.165, 1.54) is 35.7 Å². The minimum atomic E-state index is -1.19. The van der Waals surface area contributed by atoms with Crippen LogP contribution >= 0.6 is 0 Å². The molecule has 1 aromatic carbocycles. The van der Waals surface area contributed by atoms with E-state index in [2.05, 4.69) is 34.4 Å². The highest BCUT2D eigenvalue weighted by atomic mass is 19.1. The second-order valence-corrected chi connectivity index (χ2v) is 12.0. The van der Waals surface area contributed by atoms with Crippen LogP contribution in [0, 0.1) is 18.2 Å². The van der Waals surface area contributed by atoms with E-state index < -0.39 is 40.3 Å². The van der Waals surface area contributed by atoms with Crippen molar-refractivity contribution in [1.82, 2.24) is 30.0 Å². The fraction of sp³-hybridized carbons (Fsp3) is 0.552. The first-order valence-electron chi connectivity index (χ1n) is 13.8. The van der Waals surface area contributed by atoms with Gasteiger partial charge in [0.25, 0.3) is 11.5 Å². The molecule has 2 bridgehead atoms. The third kappa shape index (κ3) is 5.83. The molecule has 41 heavy (non-hydrogen) atoms. The number of amides is 3. The molecule has 0 atom stereocenters. The molecule has 1 aromatic heterocycles. The van der Waals surface area contributed by atoms with Crippen molar-refractivity contribution in [3.63, 3.8) is 0 Å². The second kappa shape index (κ2) is 11.2. The minimum Gasteiger partial charge on any atom is -0.501 e. The largest absolute Gasteiger partial charge is 0.501 e. The maximum atomic E-state index is 13.7. The number of benzene rings is 1. The Labute approximate surface area is 238 Å². The molecule has 3 amide bonds. The van der Waals surface area contributed by atoms with E-state index in [0.29, 0.717) is 43.4 Å². The minimum absolute atomic E-state index is 0.0172. The Kier molecular flexibility index (Phi) is 8.26. The van der Waals surface area contributed by atoms with Crippen molar-refractivity contribution in [3.05, 3.63) is 57.0 Å². The van der Waals surface area contributed by atoms with Gasteiger partial charge in [0.15, 0.2) is 5.69 Å². The van der Waals surface area contributed by atoms with Gasteiger partial charge in [0.05, 0.1) is 5.54 Å². The van der Waals surface area contributed by atoms with Crippen LogP contribution in [0.25, 0.3) is 0 Å². The summed E-state index contributed by atoms with van der Waals surface area (Å²) in [7, 11) is 4.96. The van der Waals surface area contributed by atoms with Crippen molar-refractivity contribution in [1.29, 1.82) is 0 Å². The molecule has 2 aliphatic heterocycles. The van der Waals surface area contributed by atoms with Gasteiger partial charge in [0.2, 0.25) is 5.75 Å². The SMILES string of the molecule is Cc1cc(CNC(=O)c2nc3n(c(=O)c2O)CC2(CN(C)C(C)C)CCC3(NC(=O)C(=O)N(C)C)CC2)ccc1F. The molecule has 222 valence electrons. The molecule has 3 N–H and O–H groups in total. The van der Waals surface area contributed by atoms with Crippen LogP contribution in [-0.4, -0.2) is 75.9 Å². The van der Waals surface area contributed by atoms with E-state index >= 15 is 0 Å². The maximum Gasteiger partial charge on any atom is 0.311 e. The third-order valence-corrected chi connectivity index (χ3v) is 8.54. The van der Waals surface area contributed by atoms with Crippen molar-refractivity contribution in [3.8, 4) is 5.75 Å². The number of likely N-dealkylation sites (N-methyl/N-ethyl adjacent to an activating group) is 1. The predicted octanol–water partition coefficient (Wildman–Crippen LogP) is 1.64. The number of halogens is 1. The molecule has 1 saturated carbocycles. The fourth-order valence-electron chi connectivity index (χ4n) is 5.80. The lowest BCUT2D eigenvalue weighted by atomic mass is 9.68. The monoisotopic (exact) mass is 570 g/mol. The number of aryl methyl sites for hydroxylation is 1. The summed E-state index contributed by atoms with van der Waals surface area (Å²) in [5, 5.41) is 16.4. The Balaban J connectivity index is 1.76. The lowest BCUT2D eigenvalue weighted by Crippen LogP contribution is -2.54. The molecule has 11 nitrogen and oxygen atoms in total. The standard InChI is InChI=1S/C29H39FN6O5/c1-17(2)35(6)15-28-9-11-29(12-10-28,33-24(39)26(41)34(4)5)27-32-21(22(37)25(40)36(27)16-28)23(38)31-14-19-7-8-20(30)18(3)13-19/h7-8,13,17,37H,9-12,14-16H2,1-6H3,(H,31,38)(H,33,39). The number of aromatic nitrogens is 2. The highest BCUT2D eigenvalue weighted by Crippen LogP contribution is 2.50. The topological polar surface area (TPSA) is 137 Å². The Morgan fingerprint density at radius 2 is 1.80 bits per heavy atom. The lowest BCUT2D eigenvalue weighted by molar-refractivity contribution is -0.145. The average molecular weight is 571 g/mol. The van der Waals surface area contributed by atoms with Crippen LogP contribution < -0.4 is 16.2 Å². The van der Waals surface area contributed by atoms with Gasteiger partial charge in [-0.1, -0.05) is 12.1 Å². The van der Waals surface area contributed by atoms with Gasteiger partial charge < -0.3 is 25.5 Å². The number of fused-ring (bicyclic) bond motifs is 2. The van der Waals surface area contributed by atoms with Crippen molar-refractivity contribution in [2.24, 2.45) is 5.41 Å². The zero-order valence-corrected chi connectivity index (χ0v) is 24.5. The van der Waals surface area contributed by atoms with E-state index in [-0.39, 0.29) is 36.2 Å². The van der Waals surface area contributed by atoms with E-state index in [9.17, 15) is 28.7 Å². The number of rotatable bonds is 7. The molecule has 3 heterocycles. The Morgan fingerprint density at radius 3 is 2.39 bits per heavy atom. The first-order valence-corrected chi connectivity index (χ1v) is 13.8. The van der Waals surface area contributed by atoms with Crippen molar-refractivity contribution in [2.75, 3.05) is 27.7 Å². The molecule has 5 rings (SSSR count). The van der Waals surface area contributed by atoms with Gasteiger partial charge in [-0.25, -0.2) is 9.37 Å². The molecule has 2 aromatic rings. The molecule has 1 aliphatic carbocycles. The number of nitrogens with zero attached hydrogens (tertiary/aromatic N) is 4. The van der Waals surface area contributed by atoms with E-state index in [1.807, 2.05) is 7.05 Å². The van der Waals surface area contributed by atoms with Gasteiger partial charge in [-0.15, -0.1) is 0 Å². The van der Waals surface area contributed by atoms with Gasteiger partial charge in [-0.2, -0.15) is 0 Å². The van der Waals surface area contributed by atoms with Gasteiger partial charge in [0, 0.05) is 45.2 Å². The molecule has 3 aliphatic rings. The van der Waals surface area contributed by atoms with Crippen molar-refractivity contribution < 1.29 is 23.9 Å². The first-order chi connectivity index (χ1) is 19.2. The average Bonchev–Trinajstić information content (AvgIpc) is 3.13. The summed E-state index contributed by atoms with van der Waals surface area (Å²) < 4.78 is 15.0. The van der Waals surface area contributed by atoms with E-state index in [4.69, 9.17) is 0 Å². The molecule has 1 fully saturated rings. The Hall–Kier alpha value is -3.80.